The lowest BCUT2D eigenvalue weighted by molar-refractivity contribution is 0.286. The summed E-state index contributed by atoms with van der Waals surface area (Å²) in [7, 11) is 1.82. The van der Waals surface area contributed by atoms with E-state index in [1.807, 2.05) is 7.05 Å². The fourth-order valence-corrected chi connectivity index (χ4v) is 1.77. The fourth-order valence-electron chi connectivity index (χ4n) is 1.77. The highest BCUT2D eigenvalue weighted by molar-refractivity contribution is 5.50. The summed E-state index contributed by atoms with van der Waals surface area (Å²) in [6, 6.07) is 5.32. The van der Waals surface area contributed by atoms with E-state index in [0.29, 0.717) is 18.1 Å². The van der Waals surface area contributed by atoms with Crippen LogP contribution < -0.4 is 4.74 Å². The largest absolute Gasteiger partial charge is 0.470 e. The second kappa shape index (κ2) is 5.92. The van der Waals surface area contributed by atoms with Crippen molar-refractivity contribution < 1.29 is 13.5 Å². The highest BCUT2D eigenvalue weighted by Crippen LogP contribution is 2.21. The van der Waals surface area contributed by atoms with Gasteiger partial charge in [-0.2, -0.15) is 0 Å². The predicted molar refractivity (Wildman–Crippen MR) is 74.6 cm³/mol. The molecule has 22 heavy (non-hydrogen) atoms. The molecule has 0 fully saturated rings. The second-order valence-corrected chi connectivity index (χ2v) is 4.72. The summed E-state index contributed by atoms with van der Waals surface area (Å²) in [5, 5.41) is 11.5. The van der Waals surface area contributed by atoms with Gasteiger partial charge in [0, 0.05) is 25.5 Å². The minimum atomic E-state index is -1.29. The van der Waals surface area contributed by atoms with Gasteiger partial charge in [-0.15, -0.1) is 15.3 Å². The first-order valence-electron chi connectivity index (χ1n) is 6.67. The molecule has 1 atom stereocenters. The Hall–Kier alpha value is -2.77. The van der Waals surface area contributed by atoms with Gasteiger partial charge in [-0.05, 0) is 19.1 Å². The van der Waals surface area contributed by atoms with Crippen molar-refractivity contribution in [1.82, 2.24) is 25.0 Å². The van der Waals surface area contributed by atoms with E-state index >= 15 is 0 Å². The summed E-state index contributed by atoms with van der Waals surface area (Å²) >= 11 is 0. The number of ether oxygens (including phenoxy) is 1. The number of alkyl halides is 1. The fraction of sp³-hybridized carbons (Fsp3) is 0.286. The summed E-state index contributed by atoms with van der Waals surface area (Å²) in [6.45, 7) is 1.64. The molecule has 0 bridgehead atoms. The van der Waals surface area contributed by atoms with Crippen LogP contribution in [-0.2, 0) is 13.7 Å². The highest BCUT2D eigenvalue weighted by atomic mass is 19.1. The number of pyridine rings is 1. The number of hydrogen-bond donors (Lipinski definition) is 0. The van der Waals surface area contributed by atoms with Gasteiger partial charge in [0.05, 0.1) is 11.3 Å². The van der Waals surface area contributed by atoms with Gasteiger partial charge in [-0.3, -0.25) is 9.67 Å². The lowest BCUT2D eigenvalue weighted by atomic mass is 10.2. The van der Waals surface area contributed by atoms with E-state index in [9.17, 15) is 4.39 Å². The minimum Gasteiger partial charge on any atom is -0.470 e. The van der Waals surface area contributed by atoms with Crippen LogP contribution in [0.2, 0.25) is 0 Å². The van der Waals surface area contributed by atoms with Crippen LogP contribution in [0.1, 0.15) is 24.7 Å². The minimum absolute atomic E-state index is 0.0439. The van der Waals surface area contributed by atoms with Gasteiger partial charge < -0.3 is 9.15 Å². The zero-order valence-electron chi connectivity index (χ0n) is 12.1. The monoisotopic (exact) mass is 303 g/mol. The molecule has 3 heterocycles. The molecule has 0 aliphatic rings. The highest BCUT2D eigenvalue weighted by Gasteiger charge is 2.14. The van der Waals surface area contributed by atoms with Crippen LogP contribution in [-0.4, -0.2) is 25.0 Å². The second-order valence-electron chi connectivity index (χ2n) is 4.72. The lowest BCUT2D eigenvalue weighted by Gasteiger charge is -2.02. The molecule has 0 aliphatic carbocycles. The zero-order chi connectivity index (χ0) is 15.5. The van der Waals surface area contributed by atoms with Crippen molar-refractivity contribution in [3.63, 3.8) is 0 Å². The Morgan fingerprint density at radius 2 is 2.18 bits per heavy atom. The van der Waals surface area contributed by atoms with Gasteiger partial charge in [0.25, 0.3) is 5.89 Å². The Labute approximate surface area is 125 Å². The molecular formula is C14H14FN5O2. The maximum atomic E-state index is 13.1. The normalized spacial score (nSPS) is 12.3. The van der Waals surface area contributed by atoms with Crippen LogP contribution >= 0.6 is 0 Å². The molecular weight excluding hydrogens is 289 g/mol. The molecule has 0 amide bonds. The number of aryl methyl sites for hydroxylation is 1. The van der Waals surface area contributed by atoms with Gasteiger partial charge >= 0.3 is 0 Å². The quantitative estimate of drug-likeness (QED) is 0.720. The Balaban J connectivity index is 1.66. The molecule has 0 saturated carbocycles. The van der Waals surface area contributed by atoms with Crippen LogP contribution in [0.25, 0.3) is 11.5 Å². The molecule has 0 radical (unpaired) electrons. The number of aromatic nitrogens is 5. The molecule has 3 aromatic rings. The Bertz CT molecular complexity index is 751. The van der Waals surface area contributed by atoms with Gasteiger partial charge in [0.1, 0.15) is 6.61 Å². The van der Waals surface area contributed by atoms with E-state index in [1.165, 1.54) is 6.92 Å². The smallest absolute Gasteiger partial charge is 0.250 e. The average Bonchev–Trinajstić information content (AvgIpc) is 3.15. The summed E-state index contributed by atoms with van der Waals surface area (Å²) in [6.07, 6.45) is 2.09. The van der Waals surface area contributed by atoms with Crippen molar-refractivity contribution >= 4 is 0 Å². The number of rotatable bonds is 5. The van der Waals surface area contributed by atoms with E-state index in [-0.39, 0.29) is 11.8 Å². The summed E-state index contributed by atoms with van der Waals surface area (Å²) < 4.78 is 25.4. The Morgan fingerprint density at radius 3 is 2.77 bits per heavy atom. The van der Waals surface area contributed by atoms with Crippen molar-refractivity contribution in [3.8, 4) is 17.3 Å². The van der Waals surface area contributed by atoms with Crippen molar-refractivity contribution in [2.24, 2.45) is 7.05 Å². The zero-order valence-corrected chi connectivity index (χ0v) is 12.1. The first-order chi connectivity index (χ1) is 10.6. The van der Waals surface area contributed by atoms with Crippen LogP contribution in [0.3, 0.4) is 0 Å². The Morgan fingerprint density at radius 1 is 1.32 bits per heavy atom. The van der Waals surface area contributed by atoms with E-state index < -0.39 is 6.17 Å². The average molecular weight is 303 g/mol. The molecule has 3 rings (SSSR count). The number of nitrogens with zero attached hydrogens (tertiary/aromatic N) is 5. The molecule has 0 N–H and O–H groups in total. The molecule has 0 saturated heterocycles. The maximum absolute atomic E-state index is 13.1. The first-order valence-corrected chi connectivity index (χ1v) is 6.67. The SMILES string of the molecule is CC(F)c1nnc(-c2ccc(COc3ccn(C)n3)nc2)o1. The Kier molecular flexibility index (Phi) is 3.82. The van der Waals surface area contributed by atoms with Crippen molar-refractivity contribution in [1.29, 1.82) is 0 Å². The molecule has 0 aliphatic heterocycles. The van der Waals surface area contributed by atoms with Gasteiger partial charge in [-0.1, -0.05) is 0 Å². The van der Waals surface area contributed by atoms with E-state index in [4.69, 9.17) is 9.15 Å². The van der Waals surface area contributed by atoms with Gasteiger partial charge in [0.15, 0.2) is 6.17 Å². The van der Waals surface area contributed by atoms with Crippen molar-refractivity contribution in [3.05, 3.63) is 42.2 Å². The molecule has 1 unspecified atom stereocenters. The van der Waals surface area contributed by atoms with E-state index in [1.54, 1.807) is 35.3 Å². The topological polar surface area (TPSA) is 78.9 Å². The predicted octanol–water partition coefficient (Wildman–Crippen LogP) is 2.47. The summed E-state index contributed by atoms with van der Waals surface area (Å²) in [5.41, 5.74) is 1.36. The third kappa shape index (κ3) is 3.11. The standard InChI is InChI=1S/C14H14FN5O2/c1-9(15)13-17-18-14(22-13)10-3-4-11(16-7-10)8-21-12-5-6-20(2)19-12/h3-7,9H,8H2,1-2H3. The third-order valence-corrected chi connectivity index (χ3v) is 2.91. The van der Waals surface area contributed by atoms with Crippen LogP contribution in [0.5, 0.6) is 5.88 Å². The number of hydrogen-bond acceptors (Lipinski definition) is 6. The van der Waals surface area contributed by atoms with Crippen LogP contribution in [0.4, 0.5) is 4.39 Å². The summed E-state index contributed by atoms with van der Waals surface area (Å²) in [4.78, 5) is 4.25. The third-order valence-electron chi connectivity index (χ3n) is 2.91. The molecule has 0 spiro atoms. The number of halogens is 1. The first kappa shape index (κ1) is 14.2. The van der Waals surface area contributed by atoms with Crippen molar-refractivity contribution in [2.45, 2.75) is 19.7 Å². The molecule has 3 aromatic heterocycles. The van der Waals surface area contributed by atoms with Crippen LogP contribution in [0.15, 0.2) is 35.0 Å². The van der Waals surface area contributed by atoms with Crippen LogP contribution in [0, 0.1) is 0 Å². The lowest BCUT2D eigenvalue weighted by Crippen LogP contribution is -1.99. The molecule has 8 heteroatoms. The van der Waals surface area contributed by atoms with Gasteiger partial charge in [0.2, 0.25) is 11.8 Å². The van der Waals surface area contributed by atoms with Gasteiger partial charge in [-0.25, -0.2) is 4.39 Å². The molecule has 0 aromatic carbocycles. The van der Waals surface area contributed by atoms with E-state index in [0.717, 1.165) is 5.69 Å². The summed E-state index contributed by atoms with van der Waals surface area (Å²) in [5.74, 6) is 0.730. The molecule has 114 valence electrons. The molecule has 7 nitrogen and oxygen atoms in total. The van der Waals surface area contributed by atoms with E-state index in [2.05, 4.69) is 20.3 Å². The maximum Gasteiger partial charge on any atom is 0.250 e. The van der Waals surface area contributed by atoms with Crippen molar-refractivity contribution in [2.75, 3.05) is 0 Å².